The minimum absolute atomic E-state index is 0.607. The van der Waals surface area contributed by atoms with Crippen molar-refractivity contribution in [3.8, 4) is 0 Å². The molecule has 100 valence electrons. The van der Waals surface area contributed by atoms with E-state index in [-0.39, 0.29) is 0 Å². The molecule has 3 atom stereocenters. The van der Waals surface area contributed by atoms with Gasteiger partial charge in [-0.1, -0.05) is 28.9 Å². The number of rotatable bonds is 0. The highest BCUT2D eigenvalue weighted by molar-refractivity contribution is 9.10. The maximum Gasteiger partial charge on any atom is 0.0393 e. The first-order chi connectivity index (χ1) is 9.13. The van der Waals surface area contributed by atoms with Gasteiger partial charge in [0.25, 0.3) is 0 Å². The summed E-state index contributed by atoms with van der Waals surface area (Å²) in [6, 6.07) is 5.16. The summed E-state index contributed by atoms with van der Waals surface area (Å²) in [5, 5.41) is 3.58. The summed E-state index contributed by atoms with van der Waals surface area (Å²) in [7, 11) is 2.28. The molecule has 0 aromatic heterocycles. The Morgan fingerprint density at radius 2 is 2.21 bits per heavy atom. The molecule has 1 aliphatic carbocycles. The zero-order valence-electron chi connectivity index (χ0n) is 11.4. The highest BCUT2D eigenvalue weighted by Gasteiger charge is 2.39. The molecule has 2 aliphatic heterocycles. The van der Waals surface area contributed by atoms with E-state index in [1.54, 1.807) is 11.1 Å². The fourth-order valence-corrected chi connectivity index (χ4v) is 4.57. The number of halogens is 1. The monoisotopic (exact) mass is 318 g/mol. The Hall–Kier alpha value is -0.800. The third-order valence-electron chi connectivity index (χ3n) is 4.84. The van der Waals surface area contributed by atoms with Crippen LogP contribution in [0.1, 0.15) is 30.4 Å². The van der Waals surface area contributed by atoms with Crippen LogP contribution in [0, 0.1) is 5.92 Å². The molecular formula is C16H19BrN2. The highest BCUT2D eigenvalue weighted by Crippen LogP contribution is 2.49. The molecule has 0 saturated carbocycles. The number of anilines is 1. The van der Waals surface area contributed by atoms with Gasteiger partial charge >= 0.3 is 0 Å². The number of likely N-dealkylation sites (N-methyl/N-ethyl adjacent to an activating group) is 1. The van der Waals surface area contributed by atoms with Crippen LogP contribution in [0.25, 0.3) is 5.57 Å². The average Bonchev–Trinajstić information content (AvgIpc) is 2.74. The Bertz CT molecular complexity index is 578. The van der Waals surface area contributed by atoms with E-state index in [9.17, 15) is 0 Å². The topological polar surface area (TPSA) is 15.3 Å². The summed E-state index contributed by atoms with van der Waals surface area (Å²) < 4.78 is 1.19. The van der Waals surface area contributed by atoms with Gasteiger partial charge in [0.1, 0.15) is 0 Å². The second-order valence-electron chi connectivity index (χ2n) is 6.28. The van der Waals surface area contributed by atoms with Crippen LogP contribution in [0.4, 0.5) is 5.69 Å². The molecule has 0 spiro atoms. The zero-order valence-corrected chi connectivity index (χ0v) is 13.0. The molecule has 3 aliphatic rings. The zero-order chi connectivity index (χ0) is 13.1. The number of nitrogens with zero attached hydrogens (tertiary/aromatic N) is 1. The Morgan fingerprint density at radius 3 is 3.05 bits per heavy atom. The predicted octanol–water partition coefficient (Wildman–Crippen LogP) is 3.70. The minimum Gasteiger partial charge on any atom is -0.384 e. The molecule has 0 radical (unpaired) electrons. The van der Waals surface area contributed by atoms with E-state index in [2.05, 4.69) is 58.3 Å². The molecule has 4 rings (SSSR count). The fraction of sp³-hybridized carbons (Fsp3) is 0.500. The van der Waals surface area contributed by atoms with E-state index in [1.165, 1.54) is 28.7 Å². The van der Waals surface area contributed by atoms with Crippen molar-refractivity contribution in [2.24, 2.45) is 5.92 Å². The van der Waals surface area contributed by atoms with Crippen molar-refractivity contribution in [1.82, 2.24) is 4.90 Å². The summed E-state index contributed by atoms with van der Waals surface area (Å²) >= 11 is 3.67. The van der Waals surface area contributed by atoms with Crippen LogP contribution in [0.3, 0.4) is 0 Å². The molecule has 1 N–H and O–H groups in total. The van der Waals surface area contributed by atoms with Gasteiger partial charge in [0.2, 0.25) is 0 Å². The van der Waals surface area contributed by atoms with Crippen molar-refractivity contribution in [3.63, 3.8) is 0 Å². The van der Waals surface area contributed by atoms with Gasteiger partial charge in [-0.3, -0.25) is 4.90 Å². The molecule has 19 heavy (non-hydrogen) atoms. The molecule has 2 heterocycles. The first-order valence-electron chi connectivity index (χ1n) is 7.13. The second kappa shape index (κ2) is 4.10. The van der Waals surface area contributed by atoms with Crippen LogP contribution in [0.5, 0.6) is 0 Å². The van der Waals surface area contributed by atoms with E-state index in [4.69, 9.17) is 0 Å². The molecule has 0 fully saturated rings. The van der Waals surface area contributed by atoms with Gasteiger partial charge in [-0.2, -0.15) is 0 Å². The van der Waals surface area contributed by atoms with Crippen LogP contribution in [-0.2, 0) is 0 Å². The van der Waals surface area contributed by atoms with Crippen molar-refractivity contribution < 1.29 is 0 Å². The largest absolute Gasteiger partial charge is 0.384 e. The Kier molecular flexibility index (Phi) is 2.58. The predicted molar refractivity (Wildman–Crippen MR) is 83.5 cm³/mol. The van der Waals surface area contributed by atoms with Gasteiger partial charge in [0.05, 0.1) is 0 Å². The van der Waals surface area contributed by atoms with Gasteiger partial charge in [0, 0.05) is 35.2 Å². The van der Waals surface area contributed by atoms with E-state index in [1.807, 2.05) is 0 Å². The molecule has 2 nitrogen and oxygen atoms in total. The van der Waals surface area contributed by atoms with Crippen LogP contribution in [0.2, 0.25) is 0 Å². The maximum absolute atomic E-state index is 3.67. The van der Waals surface area contributed by atoms with Gasteiger partial charge in [-0.15, -0.1) is 0 Å². The molecular weight excluding hydrogens is 300 g/mol. The first-order valence-corrected chi connectivity index (χ1v) is 7.92. The van der Waals surface area contributed by atoms with Crippen LogP contribution < -0.4 is 5.32 Å². The second-order valence-corrected chi connectivity index (χ2v) is 7.20. The van der Waals surface area contributed by atoms with Gasteiger partial charge in [-0.25, -0.2) is 0 Å². The van der Waals surface area contributed by atoms with E-state index < -0.39 is 0 Å². The maximum atomic E-state index is 3.67. The van der Waals surface area contributed by atoms with Gasteiger partial charge in [-0.05, 0) is 48.2 Å². The SMILES string of the molecule is C[C@@H]1C=C2c3cc(Br)cc4c3C(CN4)C[C@H]2N(C)C1. The number of hydrogen-bond acceptors (Lipinski definition) is 2. The molecule has 0 amide bonds. The van der Waals surface area contributed by atoms with Crippen LogP contribution >= 0.6 is 15.9 Å². The summed E-state index contributed by atoms with van der Waals surface area (Å²) in [6.45, 7) is 4.61. The standard InChI is InChI=1S/C16H19BrN2/c1-9-3-12-13-5-11(17)6-14-16(13)10(7-18-14)4-15(12)19(2)8-9/h3,5-6,9-10,15,18H,4,7-8H2,1-2H3/t9-,10?,15-/m1/s1. The van der Waals surface area contributed by atoms with Crippen LogP contribution in [0.15, 0.2) is 22.7 Å². The van der Waals surface area contributed by atoms with Crippen molar-refractivity contribution in [2.45, 2.75) is 25.3 Å². The molecule has 3 heteroatoms. The average molecular weight is 319 g/mol. The van der Waals surface area contributed by atoms with Crippen molar-refractivity contribution in [1.29, 1.82) is 0 Å². The lowest BCUT2D eigenvalue weighted by atomic mass is 9.75. The number of nitrogens with one attached hydrogen (secondary N) is 1. The third kappa shape index (κ3) is 1.71. The minimum atomic E-state index is 0.607. The number of benzene rings is 1. The molecule has 0 saturated heterocycles. The Balaban J connectivity index is 1.94. The normalized spacial score (nSPS) is 32.4. The smallest absolute Gasteiger partial charge is 0.0393 e. The quantitative estimate of drug-likeness (QED) is 0.784. The highest BCUT2D eigenvalue weighted by atomic mass is 79.9. The molecule has 0 bridgehead atoms. The van der Waals surface area contributed by atoms with Crippen molar-refractivity contribution in [3.05, 3.63) is 33.8 Å². The van der Waals surface area contributed by atoms with E-state index in [0.29, 0.717) is 17.9 Å². The molecule has 1 aromatic carbocycles. The van der Waals surface area contributed by atoms with E-state index in [0.717, 1.165) is 6.54 Å². The fourth-order valence-electron chi connectivity index (χ4n) is 4.11. The summed E-state index contributed by atoms with van der Waals surface area (Å²) in [5.74, 6) is 1.34. The Morgan fingerprint density at radius 1 is 1.37 bits per heavy atom. The van der Waals surface area contributed by atoms with E-state index >= 15 is 0 Å². The van der Waals surface area contributed by atoms with Gasteiger partial charge < -0.3 is 5.32 Å². The third-order valence-corrected chi connectivity index (χ3v) is 5.30. The summed E-state index contributed by atoms with van der Waals surface area (Å²) in [4.78, 5) is 2.54. The number of hydrogen-bond donors (Lipinski definition) is 1. The molecule has 1 unspecified atom stereocenters. The lowest BCUT2D eigenvalue weighted by Gasteiger charge is -2.41. The Labute approximate surface area is 123 Å². The van der Waals surface area contributed by atoms with Gasteiger partial charge in [0.15, 0.2) is 0 Å². The lowest BCUT2D eigenvalue weighted by molar-refractivity contribution is 0.233. The van der Waals surface area contributed by atoms with Crippen LogP contribution in [-0.4, -0.2) is 31.1 Å². The summed E-state index contributed by atoms with van der Waals surface area (Å²) in [6.07, 6.45) is 3.77. The van der Waals surface area contributed by atoms with Crippen molar-refractivity contribution in [2.75, 3.05) is 25.5 Å². The molecule has 1 aromatic rings. The van der Waals surface area contributed by atoms with Crippen molar-refractivity contribution >= 4 is 27.2 Å². The number of fused-ring (bicyclic) bond motifs is 2. The first kappa shape index (κ1) is 12.0. The lowest BCUT2D eigenvalue weighted by Crippen LogP contribution is -2.42. The summed E-state index contributed by atoms with van der Waals surface area (Å²) in [5.41, 5.74) is 5.94.